The van der Waals surface area contributed by atoms with Crippen LogP contribution in [0.5, 0.6) is 0 Å². The van der Waals surface area contributed by atoms with Gasteiger partial charge >= 0.3 is 0 Å². The van der Waals surface area contributed by atoms with Crippen LogP contribution in [-0.2, 0) is 11.3 Å². The van der Waals surface area contributed by atoms with Crippen molar-refractivity contribution in [1.82, 2.24) is 9.97 Å². The molecule has 2 atom stereocenters. The highest BCUT2D eigenvalue weighted by atomic mass is 32.1. The third kappa shape index (κ3) is 3.14. The number of hydrogen-bond donors (Lipinski definition) is 1. The summed E-state index contributed by atoms with van der Waals surface area (Å²) in [6.45, 7) is 8.37. The molecular weight excluding hydrogens is 296 g/mol. The second-order valence-corrected chi connectivity index (χ2v) is 6.80. The summed E-state index contributed by atoms with van der Waals surface area (Å²) in [5.41, 5.74) is 8.94. The lowest BCUT2D eigenvalue weighted by Crippen LogP contribution is -2.45. The molecule has 118 valence electrons. The van der Waals surface area contributed by atoms with Gasteiger partial charge in [-0.05, 0) is 26.8 Å². The van der Waals surface area contributed by atoms with Crippen LogP contribution in [0, 0.1) is 6.92 Å². The number of pyridine rings is 1. The van der Waals surface area contributed by atoms with Gasteiger partial charge in [0.25, 0.3) is 0 Å². The maximum atomic E-state index is 5.90. The van der Waals surface area contributed by atoms with Crippen molar-refractivity contribution in [1.29, 1.82) is 0 Å². The molecule has 22 heavy (non-hydrogen) atoms. The van der Waals surface area contributed by atoms with Gasteiger partial charge in [0.1, 0.15) is 0 Å². The van der Waals surface area contributed by atoms with Crippen molar-refractivity contribution in [2.24, 2.45) is 5.73 Å². The number of nitrogens with two attached hydrogens (primary N) is 1. The van der Waals surface area contributed by atoms with Gasteiger partial charge in [-0.3, -0.25) is 4.98 Å². The Hall–Kier alpha value is -1.50. The Balaban J connectivity index is 1.92. The van der Waals surface area contributed by atoms with Crippen molar-refractivity contribution < 1.29 is 4.74 Å². The minimum atomic E-state index is 0.221. The molecule has 5 nitrogen and oxygen atoms in total. The van der Waals surface area contributed by atoms with Crippen LogP contribution < -0.4 is 10.6 Å². The number of thiazole rings is 1. The van der Waals surface area contributed by atoms with Crippen LogP contribution in [0.1, 0.15) is 25.2 Å². The van der Waals surface area contributed by atoms with E-state index in [2.05, 4.69) is 29.8 Å². The first kappa shape index (κ1) is 15.4. The van der Waals surface area contributed by atoms with Gasteiger partial charge < -0.3 is 15.4 Å². The molecule has 0 saturated carbocycles. The highest BCUT2D eigenvalue weighted by Crippen LogP contribution is 2.35. The topological polar surface area (TPSA) is 64.3 Å². The van der Waals surface area contributed by atoms with Gasteiger partial charge in [-0.25, -0.2) is 4.98 Å². The van der Waals surface area contributed by atoms with Crippen LogP contribution in [0.25, 0.3) is 10.4 Å². The lowest BCUT2D eigenvalue weighted by Gasteiger charge is -2.35. The number of ether oxygens (including phenoxy) is 1. The molecule has 0 bridgehead atoms. The minimum Gasteiger partial charge on any atom is -0.372 e. The summed E-state index contributed by atoms with van der Waals surface area (Å²) in [6, 6.07) is 4.11. The molecule has 1 saturated heterocycles. The molecule has 1 fully saturated rings. The molecule has 2 N–H and O–H groups in total. The summed E-state index contributed by atoms with van der Waals surface area (Å²) in [5.74, 6) is 0. The molecule has 0 aliphatic carbocycles. The molecule has 3 heterocycles. The Morgan fingerprint density at radius 3 is 2.64 bits per heavy atom. The van der Waals surface area contributed by atoms with Crippen molar-refractivity contribution in [2.75, 3.05) is 18.0 Å². The number of anilines is 1. The Bertz CT molecular complexity index is 630. The molecule has 0 spiro atoms. The molecule has 0 amide bonds. The second kappa shape index (κ2) is 6.32. The molecule has 3 rings (SSSR count). The maximum Gasteiger partial charge on any atom is 0.186 e. The largest absolute Gasteiger partial charge is 0.372 e. The molecule has 0 radical (unpaired) electrons. The van der Waals surface area contributed by atoms with Crippen LogP contribution in [0.15, 0.2) is 18.3 Å². The quantitative estimate of drug-likeness (QED) is 0.942. The summed E-state index contributed by atoms with van der Waals surface area (Å²) in [7, 11) is 0. The number of morpholine rings is 1. The SMILES string of the molecule is Cc1ccc(-c2sc(N3C[C@@H](C)O[C@@H](C)C3)nc2CN)cn1. The molecule has 1 aliphatic rings. The first-order valence-electron chi connectivity index (χ1n) is 7.60. The summed E-state index contributed by atoms with van der Waals surface area (Å²) in [6.07, 6.45) is 2.34. The summed E-state index contributed by atoms with van der Waals surface area (Å²) in [5, 5.41) is 1.03. The average Bonchev–Trinajstić information content (AvgIpc) is 2.91. The van der Waals surface area contributed by atoms with Gasteiger partial charge in [0, 0.05) is 37.1 Å². The Morgan fingerprint density at radius 1 is 1.32 bits per heavy atom. The van der Waals surface area contributed by atoms with Crippen LogP contribution in [0.3, 0.4) is 0 Å². The maximum absolute atomic E-state index is 5.90. The van der Waals surface area contributed by atoms with Gasteiger partial charge in [-0.1, -0.05) is 17.4 Å². The standard InChI is InChI=1S/C16H22N4OS/c1-10-4-5-13(7-18-10)15-14(6-17)19-16(22-15)20-8-11(2)21-12(3)9-20/h4-5,7,11-12H,6,8-9,17H2,1-3H3/t11-,12+. The van der Waals surface area contributed by atoms with Gasteiger partial charge in [0.15, 0.2) is 5.13 Å². The number of rotatable bonds is 3. The van der Waals surface area contributed by atoms with E-state index in [0.717, 1.165) is 40.0 Å². The Labute approximate surface area is 135 Å². The van der Waals surface area contributed by atoms with E-state index < -0.39 is 0 Å². The molecule has 0 aromatic carbocycles. The smallest absolute Gasteiger partial charge is 0.186 e. The molecule has 2 aromatic heterocycles. The third-order valence-electron chi connectivity index (χ3n) is 3.74. The van der Waals surface area contributed by atoms with Crippen molar-refractivity contribution in [3.8, 4) is 10.4 Å². The fourth-order valence-corrected chi connectivity index (χ4v) is 3.88. The van der Waals surface area contributed by atoms with Crippen molar-refractivity contribution in [3.05, 3.63) is 29.7 Å². The molecule has 1 aliphatic heterocycles. The second-order valence-electron chi connectivity index (χ2n) is 5.83. The normalized spacial score (nSPS) is 22.1. The lowest BCUT2D eigenvalue weighted by molar-refractivity contribution is -0.00523. The average molecular weight is 318 g/mol. The highest BCUT2D eigenvalue weighted by Gasteiger charge is 2.25. The zero-order valence-corrected chi connectivity index (χ0v) is 14.1. The summed E-state index contributed by atoms with van der Waals surface area (Å²) >= 11 is 1.69. The fraction of sp³-hybridized carbons (Fsp3) is 0.500. The first-order chi connectivity index (χ1) is 10.6. The van der Waals surface area contributed by atoms with E-state index in [9.17, 15) is 0 Å². The number of nitrogens with zero attached hydrogens (tertiary/aromatic N) is 3. The van der Waals surface area contributed by atoms with Crippen molar-refractivity contribution in [3.63, 3.8) is 0 Å². The number of hydrogen-bond acceptors (Lipinski definition) is 6. The predicted molar refractivity (Wildman–Crippen MR) is 90.2 cm³/mol. The third-order valence-corrected chi connectivity index (χ3v) is 4.95. The minimum absolute atomic E-state index is 0.221. The number of aryl methyl sites for hydroxylation is 1. The fourth-order valence-electron chi connectivity index (χ4n) is 2.77. The van der Waals surface area contributed by atoms with Gasteiger partial charge in [0.2, 0.25) is 0 Å². The zero-order chi connectivity index (χ0) is 15.7. The van der Waals surface area contributed by atoms with E-state index in [1.54, 1.807) is 11.3 Å². The summed E-state index contributed by atoms with van der Waals surface area (Å²) < 4.78 is 5.80. The molecule has 0 unspecified atom stereocenters. The molecule has 2 aromatic rings. The van der Waals surface area contributed by atoms with Crippen molar-refractivity contribution >= 4 is 16.5 Å². The van der Waals surface area contributed by atoms with Crippen LogP contribution in [-0.4, -0.2) is 35.3 Å². The molecular formula is C16H22N4OS. The van der Waals surface area contributed by atoms with E-state index in [1.807, 2.05) is 19.2 Å². The van der Waals surface area contributed by atoms with E-state index >= 15 is 0 Å². The van der Waals surface area contributed by atoms with Crippen LogP contribution in [0.4, 0.5) is 5.13 Å². The Kier molecular flexibility index (Phi) is 4.42. The van der Waals surface area contributed by atoms with Gasteiger partial charge in [-0.2, -0.15) is 0 Å². The van der Waals surface area contributed by atoms with E-state index in [4.69, 9.17) is 15.5 Å². The van der Waals surface area contributed by atoms with Gasteiger partial charge in [-0.15, -0.1) is 0 Å². The lowest BCUT2D eigenvalue weighted by atomic mass is 10.2. The van der Waals surface area contributed by atoms with E-state index in [0.29, 0.717) is 6.54 Å². The Morgan fingerprint density at radius 2 is 2.05 bits per heavy atom. The van der Waals surface area contributed by atoms with Crippen LogP contribution in [0.2, 0.25) is 0 Å². The van der Waals surface area contributed by atoms with Crippen LogP contribution >= 0.6 is 11.3 Å². The highest BCUT2D eigenvalue weighted by molar-refractivity contribution is 7.19. The zero-order valence-electron chi connectivity index (χ0n) is 13.2. The van der Waals surface area contributed by atoms with E-state index in [-0.39, 0.29) is 12.2 Å². The number of aromatic nitrogens is 2. The first-order valence-corrected chi connectivity index (χ1v) is 8.41. The monoisotopic (exact) mass is 318 g/mol. The van der Waals surface area contributed by atoms with Crippen molar-refractivity contribution in [2.45, 2.75) is 39.5 Å². The summed E-state index contributed by atoms with van der Waals surface area (Å²) in [4.78, 5) is 12.6. The van der Waals surface area contributed by atoms with Gasteiger partial charge in [0.05, 0.1) is 22.8 Å². The predicted octanol–water partition coefficient (Wildman–Crippen LogP) is 2.59. The van der Waals surface area contributed by atoms with E-state index in [1.165, 1.54) is 0 Å². The molecule has 6 heteroatoms.